The molecule has 1 aliphatic heterocycles. The summed E-state index contributed by atoms with van der Waals surface area (Å²) in [4.78, 5) is 11.1. The molecule has 0 bridgehead atoms. The highest BCUT2D eigenvalue weighted by Gasteiger charge is 2.15. The molecule has 0 saturated carbocycles. The van der Waals surface area contributed by atoms with Crippen LogP contribution in [0.25, 0.3) is 0 Å². The first kappa shape index (κ1) is 15.6. The van der Waals surface area contributed by atoms with Gasteiger partial charge >= 0.3 is 0 Å². The minimum absolute atomic E-state index is 0.451. The van der Waals surface area contributed by atoms with Crippen molar-refractivity contribution in [3.63, 3.8) is 0 Å². The molecule has 0 aliphatic carbocycles. The SMILES string of the molecule is N#Cc1cnc(NCc2cccnc2N2CCCCC2)c(Cl)c1. The van der Waals surface area contributed by atoms with Crippen molar-refractivity contribution in [3.05, 3.63) is 46.7 Å². The molecule has 0 spiro atoms. The number of pyridine rings is 2. The average molecular weight is 328 g/mol. The number of hydrogen-bond acceptors (Lipinski definition) is 5. The number of piperidine rings is 1. The largest absolute Gasteiger partial charge is 0.365 e. The Morgan fingerprint density at radius 1 is 1.26 bits per heavy atom. The zero-order chi connectivity index (χ0) is 16.1. The van der Waals surface area contributed by atoms with Crippen molar-refractivity contribution in [3.8, 4) is 6.07 Å². The van der Waals surface area contributed by atoms with Crippen LogP contribution in [0.15, 0.2) is 30.6 Å². The summed E-state index contributed by atoms with van der Waals surface area (Å²) in [5.74, 6) is 1.61. The van der Waals surface area contributed by atoms with Crippen molar-refractivity contribution in [2.75, 3.05) is 23.3 Å². The summed E-state index contributed by atoms with van der Waals surface area (Å²) in [5, 5.41) is 12.6. The van der Waals surface area contributed by atoms with Gasteiger partial charge < -0.3 is 10.2 Å². The maximum absolute atomic E-state index is 8.86. The molecule has 1 fully saturated rings. The lowest BCUT2D eigenvalue weighted by molar-refractivity contribution is 0.572. The standard InChI is InChI=1S/C17H18ClN5/c18-15-9-13(10-19)11-21-16(15)22-12-14-5-4-6-20-17(14)23-7-2-1-3-8-23/h4-6,9,11H,1-3,7-8,12H2,(H,21,22). The van der Waals surface area contributed by atoms with Crippen LogP contribution in [0.5, 0.6) is 0 Å². The van der Waals surface area contributed by atoms with Crippen LogP contribution in [0.2, 0.25) is 5.02 Å². The monoisotopic (exact) mass is 327 g/mol. The van der Waals surface area contributed by atoms with Crippen LogP contribution >= 0.6 is 11.6 Å². The summed E-state index contributed by atoms with van der Waals surface area (Å²) in [7, 11) is 0. The Morgan fingerprint density at radius 2 is 2.09 bits per heavy atom. The third-order valence-electron chi connectivity index (χ3n) is 3.94. The molecule has 1 N–H and O–H groups in total. The predicted molar refractivity (Wildman–Crippen MR) is 91.6 cm³/mol. The molecule has 0 amide bonds. The molecular formula is C17H18ClN5. The molecule has 3 heterocycles. The van der Waals surface area contributed by atoms with E-state index in [2.05, 4.69) is 26.3 Å². The topological polar surface area (TPSA) is 64.8 Å². The smallest absolute Gasteiger partial charge is 0.145 e. The molecule has 6 heteroatoms. The van der Waals surface area contributed by atoms with Crippen LogP contribution in [0.1, 0.15) is 30.4 Å². The molecule has 2 aromatic rings. The van der Waals surface area contributed by atoms with Crippen LogP contribution in [-0.4, -0.2) is 23.1 Å². The molecule has 0 unspecified atom stereocenters. The molecule has 0 atom stereocenters. The molecule has 0 radical (unpaired) electrons. The fourth-order valence-electron chi connectivity index (χ4n) is 2.77. The minimum atomic E-state index is 0.451. The van der Waals surface area contributed by atoms with Crippen molar-refractivity contribution in [1.29, 1.82) is 5.26 Å². The highest BCUT2D eigenvalue weighted by molar-refractivity contribution is 6.33. The number of nitrogens with one attached hydrogen (secondary N) is 1. The second-order valence-electron chi connectivity index (χ2n) is 5.55. The number of aromatic nitrogens is 2. The number of hydrogen-bond donors (Lipinski definition) is 1. The van der Waals surface area contributed by atoms with Crippen molar-refractivity contribution in [2.45, 2.75) is 25.8 Å². The second-order valence-corrected chi connectivity index (χ2v) is 5.96. The number of nitriles is 1. The first-order valence-corrected chi connectivity index (χ1v) is 8.14. The van der Waals surface area contributed by atoms with E-state index in [1.54, 1.807) is 6.07 Å². The Bertz CT molecular complexity index is 719. The van der Waals surface area contributed by atoms with E-state index in [9.17, 15) is 0 Å². The van der Waals surface area contributed by atoms with E-state index >= 15 is 0 Å². The molecule has 1 saturated heterocycles. The second kappa shape index (κ2) is 7.30. The number of halogens is 1. The summed E-state index contributed by atoms with van der Waals surface area (Å²) >= 11 is 6.16. The van der Waals surface area contributed by atoms with E-state index in [0.29, 0.717) is 22.9 Å². The van der Waals surface area contributed by atoms with Crippen molar-refractivity contribution < 1.29 is 0 Å². The molecule has 5 nitrogen and oxygen atoms in total. The number of rotatable bonds is 4. The third kappa shape index (κ3) is 3.72. The van der Waals surface area contributed by atoms with E-state index in [1.165, 1.54) is 25.5 Å². The van der Waals surface area contributed by atoms with Crippen molar-refractivity contribution in [1.82, 2.24) is 9.97 Å². The van der Waals surface area contributed by atoms with Crippen LogP contribution in [0.3, 0.4) is 0 Å². The fraction of sp³-hybridized carbons (Fsp3) is 0.353. The summed E-state index contributed by atoms with van der Waals surface area (Å²) in [6.07, 6.45) is 7.07. The number of nitrogens with zero attached hydrogens (tertiary/aromatic N) is 4. The fourth-order valence-corrected chi connectivity index (χ4v) is 3.00. The van der Waals surface area contributed by atoms with Gasteiger partial charge in [0.1, 0.15) is 17.7 Å². The Labute approximate surface area is 140 Å². The van der Waals surface area contributed by atoms with Gasteiger partial charge in [0, 0.05) is 37.6 Å². The van der Waals surface area contributed by atoms with Gasteiger partial charge in [-0.3, -0.25) is 0 Å². The summed E-state index contributed by atoms with van der Waals surface area (Å²) in [6, 6.07) is 7.66. The quantitative estimate of drug-likeness (QED) is 0.929. The third-order valence-corrected chi connectivity index (χ3v) is 4.23. The molecule has 23 heavy (non-hydrogen) atoms. The van der Waals surface area contributed by atoms with Gasteiger partial charge in [-0.1, -0.05) is 17.7 Å². The van der Waals surface area contributed by atoms with E-state index in [4.69, 9.17) is 16.9 Å². The van der Waals surface area contributed by atoms with E-state index in [1.807, 2.05) is 18.3 Å². The number of anilines is 2. The average Bonchev–Trinajstić information content (AvgIpc) is 2.61. The maximum Gasteiger partial charge on any atom is 0.145 e. The van der Waals surface area contributed by atoms with Gasteiger partial charge in [-0.05, 0) is 31.4 Å². The Balaban J connectivity index is 1.74. The highest BCUT2D eigenvalue weighted by Crippen LogP contribution is 2.24. The van der Waals surface area contributed by atoms with Gasteiger partial charge in [-0.25, -0.2) is 9.97 Å². The van der Waals surface area contributed by atoms with Gasteiger partial charge in [0.25, 0.3) is 0 Å². The van der Waals surface area contributed by atoms with Crippen LogP contribution in [-0.2, 0) is 6.54 Å². The predicted octanol–water partition coefficient (Wildman–Crippen LogP) is 3.60. The maximum atomic E-state index is 8.86. The van der Waals surface area contributed by atoms with Gasteiger partial charge in [0.15, 0.2) is 0 Å². The van der Waals surface area contributed by atoms with E-state index in [0.717, 1.165) is 24.5 Å². The molecule has 3 rings (SSSR count). The first-order valence-electron chi connectivity index (χ1n) is 7.76. The Hall–Kier alpha value is -2.32. The Kier molecular flexibility index (Phi) is 4.94. The summed E-state index contributed by atoms with van der Waals surface area (Å²) in [5.41, 5.74) is 1.58. The van der Waals surface area contributed by atoms with Crippen LogP contribution < -0.4 is 10.2 Å². The van der Waals surface area contributed by atoms with Crippen LogP contribution in [0.4, 0.5) is 11.6 Å². The summed E-state index contributed by atoms with van der Waals surface area (Å²) < 4.78 is 0. The lowest BCUT2D eigenvalue weighted by Gasteiger charge is -2.29. The first-order chi connectivity index (χ1) is 11.3. The lowest BCUT2D eigenvalue weighted by Crippen LogP contribution is -2.31. The van der Waals surface area contributed by atoms with Crippen LogP contribution in [0, 0.1) is 11.3 Å². The molecule has 1 aliphatic rings. The van der Waals surface area contributed by atoms with E-state index in [-0.39, 0.29) is 0 Å². The minimum Gasteiger partial charge on any atom is -0.365 e. The van der Waals surface area contributed by atoms with Gasteiger partial charge in [-0.15, -0.1) is 0 Å². The lowest BCUT2D eigenvalue weighted by atomic mass is 10.1. The zero-order valence-corrected chi connectivity index (χ0v) is 13.6. The van der Waals surface area contributed by atoms with Gasteiger partial charge in [0.2, 0.25) is 0 Å². The van der Waals surface area contributed by atoms with Gasteiger partial charge in [-0.2, -0.15) is 5.26 Å². The normalized spacial score (nSPS) is 14.3. The molecule has 0 aromatic carbocycles. The van der Waals surface area contributed by atoms with E-state index < -0.39 is 0 Å². The highest BCUT2D eigenvalue weighted by atomic mass is 35.5. The summed E-state index contributed by atoms with van der Waals surface area (Å²) in [6.45, 7) is 2.71. The van der Waals surface area contributed by atoms with Crippen molar-refractivity contribution >= 4 is 23.2 Å². The van der Waals surface area contributed by atoms with Gasteiger partial charge in [0.05, 0.1) is 10.6 Å². The molecule has 2 aromatic heterocycles. The Morgan fingerprint density at radius 3 is 2.83 bits per heavy atom. The van der Waals surface area contributed by atoms with Crippen molar-refractivity contribution in [2.24, 2.45) is 0 Å². The molecular weight excluding hydrogens is 310 g/mol. The zero-order valence-electron chi connectivity index (χ0n) is 12.8. The molecule has 118 valence electrons.